The third kappa shape index (κ3) is 8.46. The van der Waals surface area contributed by atoms with Gasteiger partial charge in [0, 0.05) is 11.6 Å². The van der Waals surface area contributed by atoms with Gasteiger partial charge in [0.1, 0.15) is 5.78 Å². The number of carbonyl (C=O) groups is 6. The lowest BCUT2D eigenvalue weighted by Gasteiger charge is -2.43. The van der Waals surface area contributed by atoms with E-state index in [2.05, 4.69) is 5.32 Å². The van der Waals surface area contributed by atoms with Gasteiger partial charge >= 0.3 is 11.9 Å². The van der Waals surface area contributed by atoms with Crippen molar-refractivity contribution in [1.82, 2.24) is 0 Å². The third-order valence-corrected chi connectivity index (χ3v) is 10.8. The Bertz CT molecular complexity index is 1550. The van der Waals surface area contributed by atoms with Crippen LogP contribution >= 0.6 is 0 Å². The summed E-state index contributed by atoms with van der Waals surface area (Å²) in [6, 6.07) is 17.2. The van der Waals surface area contributed by atoms with E-state index in [0.717, 1.165) is 0 Å². The summed E-state index contributed by atoms with van der Waals surface area (Å²) in [5.74, 6) is -10.7. The number of anilines is 2. The van der Waals surface area contributed by atoms with Gasteiger partial charge in [-0.2, -0.15) is 0 Å². The molecule has 0 aliphatic carbocycles. The highest BCUT2D eigenvalue weighted by atomic mass is 16.4. The molecule has 1 fully saturated rings. The van der Waals surface area contributed by atoms with E-state index in [1.807, 2.05) is 20.8 Å². The summed E-state index contributed by atoms with van der Waals surface area (Å²) in [4.78, 5) is 82.1. The Balaban J connectivity index is 2.15. The van der Waals surface area contributed by atoms with Gasteiger partial charge in [0.25, 0.3) is 0 Å². The molecule has 266 valence electrons. The molecule has 2 aromatic carbocycles. The monoisotopic (exact) mass is 676 g/mol. The zero-order valence-electron chi connectivity index (χ0n) is 30.2. The highest BCUT2D eigenvalue weighted by Crippen LogP contribution is 2.51. The molecule has 1 saturated heterocycles. The number of para-hydroxylation sites is 2. The second-order valence-electron chi connectivity index (χ2n) is 15.7. The zero-order valence-corrected chi connectivity index (χ0v) is 30.2. The molecule has 6 unspecified atom stereocenters. The van der Waals surface area contributed by atoms with Crippen LogP contribution in [-0.2, 0) is 28.8 Å². The maximum Gasteiger partial charge on any atom is 0.307 e. The van der Waals surface area contributed by atoms with Crippen LogP contribution in [0.4, 0.5) is 11.4 Å². The minimum Gasteiger partial charge on any atom is -0.481 e. The average Bonchev–Trinajstić information content (AvgIpc) is 3.25. The summed E-state index contributed by atoms with van der Waals surface area (Å²) in [6.07, 6.45) is 0.381. The molecule has 0 spiro atoms. The first-order valence-electron chi connectivity index (χ1n) is 16.9. The van der Waals surface area contributed by atoms with Crippen LogP contribution in [0, 0.1) is 51.8 Å². The van der Waals surface area contributed by atoms with E-state index in [1.54, 1.807) is 88.4 Å². The summed E-state index contributed by atoms with van der Waals surface area (Å²) in [5, 5.41) is 24.0. The topological polar surface area (TPSA) is 158 Å². The molecule has 1 aliphatic rings. The summed E-state index contributed by atoms with van der Waals surface area (Å²) in [6.45, 7) is 15.3. The molecule has 1 heterocycles. The van der Waals surface area contributed by atoms with Gasteiger partial charge in [-0.1, -0.05) is 98.2 Å². The first kappa shape index (κ1) is 39.1. The summed E-state index contributed by atoms with van der Waals surface area (Å²) >= 11 is 0. The fourth-order valence-electron chi connectivity index (χ4n) is 7.88. The Morgan fingerprint density at radius 1 is 0.796 bits per heavy atom. The van der Waals surface area contributed by atoms with Crippen molar-refractivity contribution >= 4 is 46.8 Å². The van der Waals surface area contributed by atoms with Gasteiger partial charge < -0.3 is 15.5 Å². The molecule has 10 heteroatoms. The minimum absolute atomic E-state index is 0.0201. The van der Waals surface area contributed by atoms with Crippen LogP contribution in [-0.4, -0.2) is 45.7 Å². The maximum absolute atomic E-state index is 14.2. The molecule has 10 nitrogen and oxygen atoms in total. The van der Waals surface area contributed by atoms with Crippen LogP contribution in [0.3, 0.4) is 0 Å². The number of hydrogen-bond acceptors (Lipinski definition) is 6. The normalized spacial score (nSPS) is 19.6. The number of Topliss-reactive ketones (excluding diaryl/α,β-unsaturated/α-hetero) is 1. The predicted molar refractivity (Wildman–Crippen MR) is 187 cm³/mol. The van der Waals surface area contributed by atoms with E-state index in [1.165, 1.54) is 18.7 Å². The molecule has 0 aromatic heterocycles. The summed E-state index contributed by atoms with van der Waals surface area (Å²) in [7, 11) is 0. The van der Waals surface area contributed by atoms with E-state index in [-0.39, 0.29) is 24.5 Å². The summed E-state index contributed by atoms with van der Waals surface area (Å²) < 4.78 is 0. The number of ketones is 1. The van der Waals surface area contributed by atoms with Crippen LogP contribution in [0.25, 0.3) is 0 Å². The SMILES string of the molecule is CCC(C)(C)C1C(=O)N(c2ccccc2)C(=O)C1CC(C)(C)C(C(=O)O)C(CC(C)(C)C(C(=O)O)C(C)C(C)=O)C(=O)Nc1ccccc1. The Hall–Kier alpha value is -4.34. The van der Waals surface area contributed by atoms with E-state index in [4.69, 9.17) is 0 Å². The molecule has 1 aliphatic heterocycles. The quantitative estimate of drug-likeness (QED) is 0.161. The third-order valence-electron chi connectivity index (χ3n) is 10.8. The van der Waals surface area contributed by atoms with Crippen molar-refractivity contribution in [2.75, 3.05) is 10.2 Å². The van der Waals surface area contributed by atoms with Crippen molar-refractivity contribution in [3.8, 4) is 0 Å². The summed E-state index contributed by atoms with van der Waals surface area (Å²) in [5.41, 5.74) is -2.20. The van der Waals surface area contributed by atoms with Crippen LogP contribution in [0.1, 0.15) is 81.6 Å². The van der Waals surface area contributed by atoms with Crippen molar-refractivity contribution < 1.29 is 39.0 Å². The number of hydrogen-bond donors (Lipinski definition) is 3. The predicted octanol–water partition coefficient (Wildman–Crippen LogP) is 6.94. The lowest BCUT2D eigenvalue weighted by molar-refractivity contribution is -0.157. The van der Waals surface area contributed by atoms with Crippen LogP contribution in [0.2, 0.25) is 0 Å². The number of amides is 3. The smallest absolute Gasteiger partial charge is 0.307 e. The second-order valence-corrected chi connectivity index (χ2v) is 15.7. The van der Waals surface area contributed by atoms with E-state index >= 15 is 0 Å². The number of carboxylic acids is 2. The van der Waals surface area contributed by atoms with Gasteiger partial charge in [0.2, 0.25) is 17.7 Å². The molecule has 3 N–H and O–H groups in total. The van der Waals surface area contributed by atoms with E-state index in [9.17, 15) is 39.0 Å². The van der Waals surface area contributed by atoms with Crippen molar-refractivity contribution in [3.05, 3.63) is 60.7 Å². The molecule has 0 saturated carbocycles. The molecule has 3 rings (SSSR count). The van der Waals surface area contributed by atoms with Crippen LogP contribution in [0.5, 0.6) is 0 Å². The number of carbonyl (C=O) groups excluding carboxylic acids is 4. The number of benzene rings is 2. The zero-order chi connectivity index (χ0) is 37.1. The number of nitrogens with one attached hydrogen (secondary N) is 1. The number of carboxylic acid groups (broad SMARTS) is 2. The molecular weight excluding hydrogens is 624 g/mol. The highest BCUT2D eigenvalue weighted by Gasteiger charge is 2.57. The van der Waals surface area contributed by atoms with Gasteiger partial charge in [-0.25, -0.2) is 0 Å². The lowest BCUT2D eigenvalue weighted by Crippen LogP contribution is -2.48. The van der Waals surface area contributed by atoms with Gasteiger partial charge in [-0.05, 0) is 60.3 Å². The Morgan fingerprint density at radius 2 is 1.31 bits per heavy atom. The maximum atomic E-state index is 14.2. The van der Waals surface area contributed by atoms with E-state index in [0.29, 0.717) is 17.8 Å². The van der Waals surface area contributed by atoms with E-state index < -0.39 is 75.5 Å². The van der Waals surface area contributed by atoms with Crippen molar-refractivity contribution in [2.45, 2.75) is 81.6 Å². The lowest BCUT2D eigenvalue weighted by atomic mass is 9.59. The average molecular weight is 677 g/mol. The minimum atomic E-state index is -1.41. The molecule has 0 bridgehead atoms. The Labute approximate surface area is 289 Å². The molecule has 0 radical (unpaired) electrons. The first-order chi connectivity index (χ1) is 22.7. The van der Waals surface area contributed by atoms with Crippen LogP contribution < -0.4 is 10.2 Å². The van der Waals surface area contributed by atoms with Gasteiger partial charge in [0.15, 0.2) is 0 Å². The number of rotatable bonds is 16. The fourth-order valence-corrected chi connectivity index (χ4v) is 7.88. The molecule has 2 aromatic rings. The first-order valence-corrected chi connectivity index (χ1v) is 16.9. The van der Waals surface area contributed by atoms with Crippen LogP contribution in [0.15, 0.2) is 60.7 Å². The fraction of sp³-hybridized carbons (Fsp3) is 0.538. The largest absolute Gasteiger partial charge is 0.481 e. The Kier molecular flexibility index (Phi) is 12.0. The van der Waals surface area contributed by atoms with Gasteiger partial charge in [-0.3, -0.25) is 33.7 Å². The molecule has 6 atom stereocenters. The van der Waals surface area contributed by atoms with Crippen molar-refractivity contribution in [1.29, 1.82) is 0 Å². The number of aliphatic carboxylic acids is 2. The molecule has 3 amide bonds. The van der Waals surface area contributed by atoms with Gasteiger partial charge in [0.05, 0.1) is 35.3 Å². The highest BCUT2D eigenvalue weighted by molar-refractivity contribution is 6.22. The number of nitrogens with zero attached hydrogens (tertiary/aromatic N) is 1. The second kappa shape index (κ2) is 15.0. The number of imide groups is 1. The van der Waals surface area contributed by atoms with Crippen molar-refractivity contribution in [2.24, 2.45) is 51.8 Å². The van der Waals surface area contributed by atoms with Gasteiger partial charge in [-0.15, -0.1) is 0 Å². The molecule has 49 heavy (non-hydrogen) atoms. The van der Waals surface area contributed by atoms with Crippen molar-refractivity contribution in [3.63, 3.8) is 0 Å². The standard InChI is InChI=1S/C39H52N2O8/c1-10-37(4,5)30-28(33(44)41(34(30)45)26-19-15-12-16-20-26)22-39(8,9)31(36(48)49)27(32(43)40-25-17-13-11-14-18-25)21-38(6,7)29(35(46)47)23(2)24(3)42/h11-20,23,27-31H,10,21-22H2,1-9H3,(H,40,43)(H,46,47)(H,48,49). The Morgan fingerprint density at radius 3 is 1.78 bits per heavy atom. The molecular formula is C39H52N2O8.